The van der Waals surface area contributed by atoms with E-state index in [-0.39, 0.29) is 12.6 Å². The van der Waals surface area contributed by atoms with E-state index in [1.165, 1.54) is 6.07 Å². The Kier molecular flexibility index (Phi) is 7.84. The minimum absolute atomic E-state index is 0.136. The topological polar surface area (TPSA) is 68.7 Å². The highest BCUT2D eigenvalue weighted by molar-refractivity contribution is 5.72. The highest BCUT2D eigenvalue weighted by Gasteiger charge is 2.32. The number of pyridine rings is 1. The van der Waals surface area contributed by atoms with Gasteiger partial charge in [-0.15, -0.1) is 0 Å². The van der Waals surface area contributed by atoms with Gasteiger partial charge in [0.1, 0.15) is 12.4 Å². The first kappa shape index (κ1) is 24.8. The number of aliphatic carboxylic acids is 1. The van der Waals surface area contributed by atoms with Crippen molar-refractivity contribution in [1.82, 2.24) is 9.88 Å². The Hall–Kier alpha value is -2.81. The van der Waals surface area contributed by atoms with E-state index in [2.05, 4.69) is 40.0 Å². The van der Waals surface area contributed by atoms with Crippen molar-refractivity contribution in [1.29, 1.82) is 0 Å². The number of rotatable bonds is 8. The lowest BCUT2D eigenvalue weighted by Gasteiger charge is -2.43. The number of carboxylic acids is 1. The zero-order valence-corrected chi connectivity index (χ0v) is 19.2. The van der Waals surface area contributed by atoms with Crippen molar-refractivity contribution in [3.63, 3.8) is 0 Å². The number of carboxylic acid groups (broad SMARTS) is 1. The van der Waals surface area contributed by atoms with E-state index in [0.29, 0.717) is 24.8 Å². The Labute approximate surface area is 192 Å². The minimum atomic E-state index is -4.40. The van der Waals surface area contributed by atoms with Gasteiger partial charge >= 0.3 is 12.1 Å². The SMILES string of the molecule is Cc1cc(CN2CCN(c3ccc(C(F)(F)F)cn3)[C@H](CC(C)C)C2)cc(NCC(=O)O)c1. The predicted octanol–water partition coefficient (Wildman–Crippen LogP) is 4.64. The van der Waals surface area contributed by atoms with Crippen LogP contribution in [0.5, 0.6) is 0 Å². The van der Waals surface area contributed by atoms with Gasteiger partial charge in [-0.3, -0.25) is 9.69 Å². The molecule has 180 valence electrons. The zero-order chi connectivity index (χ0) is 24.2. The molecule has 9 heteroatoms. The number of hydrogen-bond donors (Lipinski definition) is 2. The van der Waals surface area contributed by atoms with Gasteiger partial charge in [-0.05, 0) is 54.7 Å². The molecule has 0 bridgehead atoms. The molecule has 1 atom stereocenters. The molecule has 0 aliphatic carbocycles. The molecule has 2 aromatic rings. The van der Waals surface area contributed by atoms with Crippen LogP contribution in [-0.2, 0) is 17.5 Å². The third-order valence-corrected chi connectivity index (χ3v) is 5.67. The van der Waals surface area contributed by atoms with E-state index >= 15 is 0 Å². The number of piperazine rings is 1. The van der Waals surface area contributed by atoms with Crippen molar-refractivity contribution >= 4 is 17.5 Å². The van der Waals surface area contributed by atoms with Gasteiger partial charge in [0, 0.05) is 44.1 Å². The summed E-state index contributed by atoms with van der Waals surface area (Å²) in [5.74, 6) is 0.0873. The van der Waals surface area contributed by atoms with Crippen LogP contribution in [0, 0.1) is 12.8 Å². The third kappa shape index (κ3) is 7.08. The molecule has 0 radical (unpaired) electrons. The molecule has 0 unspecified atom stereocenters. The van der Waals surface area contributed by atoms with E-state index in [0.717, 1.165) is 48.6 Å². The number of aromatic nitrogens is 1. The summed E-state index contributed by atoms with van der Waals surface area (Å²) in [5, 5.41) is 11.8. The molecular weight excluding hydrogens is 433 g/mol. The molecule has 2 heterocycles. The Balaban J connectivity index is 1.72. The smallest absolute Gasteiger partial charge is 0.417 e. The molecule has 1 saturated heterocycles. The van der Waals surface area contributed by atoms with Crippen molar-refractivity contribution in [2.24, 2.45) is 5.92 Å². The quantitative estimate of drug-likeness (QED) is 0.593. The number of anilines is 2. The van der Waals surface area contributed by atoms with Crippen LogP contribution < -0.4 is 10.2 Å². The van der Waals surface area contributed by atoms with Gasteiger partial charge in [0.15, 0.2) is 0 Å². The summed E-state index contributed by atoms with van der Waals surface area (Å²) >= 11 is 0. The van der Waals surface area contributed by atoms with Crippen molar-refractivity contribution in [2.75, 3.05) is 36.4 Å². The van der Waals surface area contributed by atoms with Gasteiger partial charge in [-0.25, -0.2) is 4.98 Å². The summed E-state index contributed by atoms with van der Waals surface area (Å²) in [6, 6.07) is 8.68. The number of nitrogens with one attached hydrogen (secondary N) is 1. The first-order valence-electron chi connectivity index (χ1n) is 11.1. The number of carbonyl (C=O) groups is 1. The monoisotopic (exact) mass is 464 g/mol. The summed E-state index contributed by atoms with van der Waals surface area (Å²) < 4.78 is 38.8. The zero-order valence-electron chi connectivity index (χ0n) is 19.2. The summed E-state index contributed by atoms with van der Waals surface area (Å²) in [7, 11) is 0. The fourth-order valence-corrected chi connectivity index (χ4v) is 4.33. The van der Waals surface area contributed by atoms with Crippen LogP contribution in [-0.4, -0.2) is 53.2 Å². The maximum atomic E-state index is 12.9. The minimum Gasteiger partial charge on any atom is -0.480 e. The Morgan fingerprint density at radius 2 is 2.00 bits per heavy atom. The van der Waals surface area contributed by atoms with E-state index < -0.39 is 17.7 Å². The van der Waals surface area contributed by atoms with Crippen molar-refractivity contribution in [3.8, 4) is 0 Å². The average Bonchev–Trinajstić information content (AvgIpc) is 2.71. The van der Waals surface area contributed by atoms with E-state index in [1.807, 2.05) is 19.1 Å². The summed E-state index contributed by atoms with van der Waals surface area (Å²) in [5.41, 5.74) is 2.18. The molecule has 6 nitrogen and oxygen atoms in total. The summed E-state index contributed by atoms with van der Waals surface area (Å²) in [4.78, 5) is 19.4. The molecule has 0 saturated carbocycles. The molecule has 3 rings (SSSR count). The number of benzene rings is 1. The lowest BCUT2D eigenvalue weighted by Crippen LogP contribution is -2.53. The van der Waals surface area contributed by atoms with Gasteiger partial charge < -0.3 is 15.3 Å². The normalized spacial score (nSPS) is 17.4. The first-order valence-corrected chi connectivity index (χ1v) is 11.1. The van der Waals surface area contributed by atoms with Gasteiger partial charge in [-0.1, -0.05) is 19.9 Å². The number of alkyl halides is 3. The van der Waals surface area contributed by atoms with Crippen LogP contribution in [0.3, 0.4) is 0 Å². The molecule has 0 spiro atoms. The standard InChI is InChI=1S/C24H31F3N4O2/c1-16(2)8-21-15-30(14-18-9-17(3)10-20(11-18)28-13-23(32)33)6-7-31(21)22-5-4-19(12-29-22)24(25,26)27/h4-5,9-12,16,21,28H,6-8,13-15H2,1-3H3,(H,32,33)/t21-/m1/s1. The molecule has 1 aliphatic rings. The summed E-state index contributed by atoms with van der Waals surface area (Å²) in [6.45, 7) is 9.02. The molecule has 0 amide bonds. The van der Waals surface area contributed by atoms with Gasteiger partial charge in [-0.2, -0.15) is 13.2 Å². The molecule has 1 aromatic heterocycles. The maximum Gasteiger partial charge on any atom is 0.417 e. The number of nitrogens with zero attached hydrogens (tertiary/aromatic N) is 3. The fourth-order valence-electron chi connectivity index (χ4n) is 4.33. The van der Waals surface area contributed by atoms with Gasteiger partial charge in [0.05, 0.1) is 5.56 Å². The molecule has 1 fully saturated rings. The second-order valence-corrected chi connectivity index (χ2v) is 9.07. The van der Waals surface area contributed by atoms with Gasteiger partial charge in [0.25, 0.3) is 0 Å². The van der Waals surface area contributed by atoms with Gasteiger partial charge in [0.2, 0.25) is 0 Å². The van der Waals surface area contributed by atoms with Crippen LogP contribution in [0.1, 0.15) is 37.0 Å². The fraction of sp³-hybridized carbons (Fsp3) is 0.500. The predicted molar refractivity (Wildman–Crippen MR) is 122 cm³/mol. The Morgan fingerprint density at radius 3 is 2.61 bits per heavy atom. The molecule has 2 N–H and O–H groups in total. The van der Waals surface area contributed by atoms with Crippen molar-refractivity contribution < 1.29 is 23.1 Å². The Morgan fingerprint density at radius 1 is 1.24 bits per heavy atom. The first-order chi connectivity index (χ1) is 15.5. The largest absolute Gasteiger partial charge is 0.480 e. The van der Waals surface area contributed by atoms with Crippen LogP contribution in [0.4, 0.5) is 24.7 Å². The van der Waals surface area contributed by atoms with Crippen LogP contribution in [0.2, 0.25) is 0 Å². The Bertz CT molecular complexity index is 948. The number of hydrogen-bond acceptors (Lipinski definition) is 5. The van der Waals surface area contributed by atoms with Crippen LogP contribution >= 0.6 is 0 Å². The average molecular weight is 465 g/mol. The summed E-state index contributed by atoms with van der Waals surface area (Å²) in [6.07, 6.45) is -2.58. The third-order valence-electron chi connectivity index (χ3n) is 5.67. The maximum absolute atomic E-state index is 12.9. The molecule has 33 heavy (non-hydrogen) atoms. The van der Waals surface area contributed by atoms with E-state index in [9.17, 15) is 18.0 Å². The van der Waals surface area contributed by atoms with Crippen molar-refractivity contribution in [3.05, 3.63) is 53.2 Å². The highest BCUT2D eigenvalue weighted by Crippen LogP contribution is 2.31. The number of aryl methyl sites for hydroxylation is 1. The van der Waals surface area contributed by atoms with E-state index in [1.54, 1.807) is 0 Å². The van der Waals surface area contributed by atoms with Crippen LogP contribution in [0.15, 0.2) is 36.5 Å². The molecular formula is C24H31F3N4O2. The van der Waals surface area contributed by atoms with Crippen LogP contribution in [0.25, 0.3) is 0 Å². The second-order valence-electron chi connectivity index (χ2n) is 9.07. The number of halogens is 3. The highest BCUT2D eigenvalue weighted by atomic mass is 19.4. The molecule has 1 aliphatic heterocycles. The van der Waals surface area contributed by atoms with E-state index in [4.69, 9.17) is 5.11 Å². The molecule has 1 aromatic carbocycles. The second kappa shape index (κ2) is 10.4. The van der Waals surface area contributed by atoms with Crippen molar-refractivity contribution in [2.45, 2.75) is 46.0 Å². The lowest BCUT2D eigenvalue weighted by atomic mass is 9.99. The lowest BCUT2D eigenvalue weighted by molar-refractivity contribution is -0.138.